The second-order valence-corrected chi connectivity index (χ2v) is 6.06. The van der Waals surface area contributed by atoms with E-state index in [0.717, 1.165) is 29.7 Å². The minimum atomic E-state index is -1.16. The number of esters is 1. The number of ether oxygens (including phenoxy) is 2. The highest BCUT2D eigenvalue weighted by Crippen LogP contribution is 2.21. The highest BCUT2D eigenvalue weighted by molar-refractivity contribution is 5.75. The summed E-state index contributed by atoms with van der Waals surface area (Å²) in [6.45, 7) is 1.58. The van der Waals surface area contributed by atoms with E-state index in [-0.39, 0.29) is 13.0 Å². The molecule has 25 heavy (non-hydrogen) atoms. The molecule has 4 heteroatoms. The lowest BCUT2D eigenvalue weighted by Gasteiger charge is -2.15. The van der Waals surface area contributed by atoms with Gasteiger partial charge in [0.15, 0.2) is 6.10 Å². The average Bonchev–Trinajstić information content (AvgIpc) is 2.68. The molecule has 0 saturated carbocycles. The molecular formula is C21H22O4. The summed E-state index contributed by atoms with van der Waals surface area (Å²) in [6, 6.07) is 17.4. The fraction of sp³-hybridized carbons (Fsp3) is 0.286. The standard InChI is InChI=1S/C21H22O4/c22-20(21(23)25-15-17-4-2-1-3-5-17)14-16-6-8-18(9-7-16)19-10-12-24-13-11-19/h1-10,20,22H,11-15H2. The molecule has 0 saturated heterocycles. The maximum Gasteiger partial charge on any atom is 0.335 e. The van der Waals surface area contributed by atoms with Crippen molar-refractivity contribution in [3.05, 3.63) is 77.4 Å². The normalized spacial score (nSPS) is 15.3. The van der Waals surface area contributed by atoms with Gasteiger partial charge in [-0.05, 0) is 28.7 Å². The number of benzene rings is 2. The van der Waals surface area contributed by atoms with Crippen molar-refractivity contribution in [3.8, 4) is 0 Å². The van der Waals surface area contributed by atoms with Crippen molar-refractivity contribution in [2.75, 3.05) is 13.2 Å². The van der Waals surface area contributed by atoms with Crippen LogP contribution in [0.1, 0.15) is 23.1 Å². The SMILES string of the molecule is O=C(OCc1ccccc1)C(O)Cc1ccc(C2=CCOCC2)cc1. The molecule has 1 aliphatic rings. The fourth-order valence-corrected chi connectivity index (χ4v) is 2.78. The number of aliphatic hydroxyl groups excluding tert-OH is 1. The van der Waals surface area contributed by atoms with Crippen LogP contribution in [0.2, 0.25) is 0 Å². The van der Waals surface area contributed by atoms with E-state index in [0.29, 0.717) is 6.61 Å². The lowest BCUT2D eigenvalue weighted by atomic mass is 9.99. The van der Waals surface area contributed by atoms with E-state index < -0.39 is 12.1 Å². The summed E-state index contributed by atoms with van der Waals surface area (Å²) >= 11 is 0. The third kappa shape index (κ3) is 5.02. The summed E-state index contributed by atoms with van der Waals surface area (Å²) in [5.41, 5.74) is 4.24. The molecule has 1 aliphatic heterocycles. The number of aliphatic hydroxyl groups is 1. The number of rotatable bonds is 6. The number of carbonyl (C=O) groups excluding carboxylic acids is 1. The number of carbonyl (C=O) groups is 1. The van der Waals surface area contributed by atoms with Gasteiger partial charge in [-0.2, -0.15) is 0 Å². The molecule has 1 N–H and O–H groups in total. The zero-order valence-electron chi connectivity index (χ0n) is 14.1. The average molecular weight is 338 g/mol. The van der Waals surface area contributed by atoms with Crippen LogP contribution in [0, 0.1) is 0 Å². The van der Waals surface area contributed by atoms with Crippen LogP contribution in [0.3, 0.4) is 0 Å². The van der Waals surface area contributed by atoms with Gasteiger partial charge in [0.2, 0.25) is 0 Å². The molecule has 0 fully saturated rings. The van der Waals surface area contributed by atoms with Crippen molar-refractivity contribution < 1.29 is 19.4 Å². The van der Waals surface area contributed by atoms with Gasteiger partial charge in [0.1, 0.15) is 6.61 Å². The Morgan fingerprint density at radius 3 is 2.52 bits per heavy atom. The van der Waals surface area contributed by atoms with E-state index in [2.05, 4.69) is 6.08 Å². The van der Waals surface area contributed by atoms with Crippen molar-refractivity contribution in [1.82, 2.24) is 0 Å². The summed E-state index contributed by atoms with van der Waals surface area (Å²) < 4.78 is 10.5. The summed E-state index contributed by atoms with van der Waals surface area (Å²) in [5.74, 6) is -0.597. The van der Waals surface area contributed by atoms with Gasteiger partial charge in [0.25, 0.3) is 0 Å². The highest BCUT2D eigenvalue weighted by atomic mass is 16.5. The molecule has 2 aromatic carbocycles. The number of hydrogen-bond donors (Lipinski definition) is 1. The quantitative estimate of drug-likeness (QED) is 0.822. The second kappa shape index (κ2) is 8.60. The molecule has 2 aromatic rings. The Morgan fingerprint density at radius 1 is 1.08 bits per heavy atom. The molecule has 1 atom stereocenters. The van der Waals surface area contributed by atoms with Gasteiger partial charge >= 0.3 is 5.97 Å². The van der Waals surface area contributed by atoms with Crippen LogP contribution in [0.5, 0.6) is 0 Å². The molecule has 3 rings (SSSR count). The third-order valence-corrected chi connectivity index (χ3v) is 4.21. The van der Waals surface area contributed by atoms with Crippen LogP contribution in [0.25, 0.3) is 5.57 Å². The molecular weight excluding hydrogens is 316 g/mol. The number of hydrogen-bond acceptors (Lipinski definition) is 4. The molecule has 0 spiro atoms. The zero-order chi connectivity index (χ0) is 17.5. The van der Waals surface area contributed by atoms with E-state index in [1.54, 1.807) is 0 Å². The fourth-order valence-electron chi connectivity index (χ4n) is 2.78. The summed E-state index contributed by atoms with van der Waals surface area (Å²) in [5, 5.41) is 10.1. The molecule has 0 radical (unpaired) electrons. The van der Waals surface area contributed by atoms with E-state index in [9.17, 15) is 9.90 Å². The van der Waals surface area contributed by atoms with Crippen LogP contribution in [0.15, 0.2) is 60.7 Å². The largest absolute Gasteiger partial charge is 0.459 e. The van der Waals surface area contributed by atoms with Crippen LogP contribution < -0.4 is 0 Å². The van der Waals surface area contributed by atoms with Crippen LogP contribution in [-0.4, -0.2) is 30.4 Å². The maximum absolute atomic E-state index is 11.9. The molecule has 4 nitrogen and oxygen atoms in total. The van der Waals surface area contributed by atoms with Crippen molar-refractivity contribution in [3.63, 3.8) is 0 Å². The Bertz CT molecular complexity index is 719. The Kier molecular flexibility index (Phi) is 5.99. The van der Waals surface area contributed by atoms with Gasteiger partial charge in [0, 0.05) is 6.42 Å². The minimum absolute atomic E-state index is 0.173. The summed E-state index contributed by atoms with van der Waals surface area (Å²) in [4.78, 5) is 11.9. The predicted molar refractivity (Wildman–Crippen MR) is 95.8 cm³/mol. The predicted octanol–water partition coefficient (Wildman–Crippen LogP) is 3.14. The Hall–Kier alpha value is -2.43. The Morgan fingerprint density at radius 2 is 1.84 bits per heavy atom. The Balaban J connectivity index is 1.52. The van der Waals surface area contributed by atoms with Crippen LogP contribution in [0.4, 0.5) is 0 Å². The van der Waals surface area contributed by atoms with E-state index in [4.69, 9.17) is 9.47 Å². The van der Waals surface area contributed by atoms with E-state index in [1.165, 1.54) is 5.57 Å². The highest BCUT2D eigenvalue weighted by Gasteiger charge is 2.17. The molecule has 0 aromatic heterocycles. The monoisotopic (exact) mass is 338 g/mol. The lowest BCUT2D eigenvalue weighted by molar-refractivity contribution is -0.154. The van der Waals surface area contributed by atoms with Crippen molar-refractivity contribution >= 4 is 11.5 Å². The van der Waals surface area contributed by atoms with Gasteiger partial charge in [-0.25, -0.2) is 4.79 Å². The van der Waals surface area contributed by atoms with Crippen molar-refractivity contribution in [2.24, 2.45) is 0 Å². The maximum atomic E-state index is 11.9. The first-order valence-electron chi connectivity index (χ1n) is 8.47. The van der Waals surface area contributed by atoms with Crippen LogP contribution in [-0.2, 0) is 27.3 Å². The zero-order valence-corrected chi connectivity index (χ0v) is 14.1. The molecule has 0 aliphatic carbocycles. The lowest BCUT2D eigenvalue weighted by Crippen LogP contribution is -2.25. The minimum Gasteiger partial charge on any atom is -0.459 e. The Labute approximate surface area is 147 Å². The molecule has 1 heterocycles. The first-order chi connectivity index (χ1) is 12.2. The van der Waals surface area contributed by atoms with Gasteiger partial charge in [-0.15, -0.1) is 0 Å². The van der Waals surface area contributed by atoms with Crippen molar-refractivity contribution in [2.45, 2.75) is 25.6 Å². The van der Waals surface area contributed by atoms with Crippen molar-refractivity contribution in [1.29, 1.82) is 0 Å². The van der Waals surface area contributed by atoms with E-state index in [1.807, 2.05) is 54.6 Å². The topological polar surface area (TPSA) is 55.8 Å². The third-order valence-electron chi connectivity index (χ3n) is 4.21. The summed E-state index contributed by atoms with van der Waals surface area (Å²) in [7, 11) is 0. The molecule has 1 unspecified atom stereocenters. The van der Waals surface area contributed by atoms with Crippen LogP contribution >= 0.6 is 0 Å². The van der Waals surface area contributed by atoms with Gasteiger partial charge < -0.3 is 14.6 Å². The molecule has 0 bridgehead atoms. The van der Waals surface area contributed by atoms with Gasteiger partial charge in [0.05, 0.1) is 13.2 Å². The molecule has 130 valence electrons. The van der Waals surface area contributed by atoms with Gasteiger partial charge in [-0.1, -0.05) is 60.7 Å². The van der Waals surface area contributed by atoms with E-state index >= 15 is 0 Å². The second-order valence-electron chi connectivity index (χ2n) is 6.06. The van der Waals surface area contributed by atoms with Gasteiger partial charge in [-0.3, -0.25) is 0 Å². The first-order valence-corrected chi connectivity index (χ1v) is 8.47. The molecule has 0 amide bonds. The smallest absolute Gasteiger partial charge is 0.335 e. The first kappa shape index (κ1) is 17.4. The summed E-state index contributed by atoms with van der Waals surface area (Å²) in [6.07, 6.45) is 2.09.